The van der Waals surface area contributed by atoms with Crippen LogP contribution in [-0.2, 0) is 25.6 Å². The molecule has 0 spiro atoms. The third kappa shape index (κ3) is 6.02. The summed E-state index contributed by atoms with van der Waals surface area (Å²) in [6.45, 7) is 5.96. The van der Waals surface area contributed by atoms with Gasteiger partial charge in [0, 0.05) is 54.1 Å². The molecule has 228 valence electrons. The van der Waals surface area contributed by atoms with Crippen molar-refractivity contribution < 1.29 is 24.3 Å². The molecule has 11 heteroatoms. The molecule has 42 heavy (non-hydrogen) atoms. The highest BCUT2D eigenvalue weighted by molar-refractivity contribution is 8.03. The Morgan fingerprint density at radius 2 is 1.88 bits per heavy atom. The maximum atomic E-state index is 13.4. The van der Waals surface area contributed by atoms with E-state index in [4.69, 9.17) is 11.5 Å². The summed E-state index contributed by atoms with van der Waals surface area (Å²) in [4.78, 5) is 55.1. The Morgan fingerprint density at radius 1 is 1.19 bits per heavy atom. The zero-order chi connectivity index (χ0) is 30.2. The number of β-lactam (4-membered cyclic amide) rings is 1. The van der Waals surface area contributed by atoms with E-state index in [2.05, 4.69) is 17.4 Å². The van der Waals surface area contributed by atoms with Crippen LogP contribution >= 0.6 is 11.8 Å². The monoisotopic (exact) mass is 597 g/mol. The normalized spacial score (nSPS) is 29.3. The van der Waals surface area contributed by atoms with E-state index in [1.54, 1.807) is 0 Å². The van der Waals surface area contributed by atoms with E-state index in [1.807, 2.05) is 36.9 Å². The molecular weight excluding hydrogens is 554 g/mol. The number of ketones is 1. The van der Waals surface area contributed by atoms with Crippen LogP contribution in [0.3, 0.4) is 0 Å². The molecule has 4 heterocycles. The van der Waals surface area contributed by atoms with Crippen molar-refractivity contribution in [3.05, 3.63) is 46.5 Å². The molecule has 1 unspecified atom stereocenters. The van der Waals surface area contributed by atoms with Gasteiger partial charge in [-0.05, 0) is 43.7 Å². The van der Waals surface area contributed by atoms with E-state index in [-0.39, 0.29) is 83.3 Å². The molecule has 0 radical (unpaired) electrons. The van der Waals surface area contributed by atoms with Gasteiger partial charge < -0.3 is 31.7 Å². The molecular formula is C31H43N5O5S. The first-order chi connectivity index (χ1) is 20.0. The molecule has 0 saturated carbocycles. The third-order valence-electron chi connectivity index (χ3n) is 9.53. The van der Waals surface area contributed by atoms with Crippen molar-refractivity contribution in [1.82, 2.24) is 15.1 Å². The Morgan fingerprint density at radius 3 is 2.52 bits per heavy atom. The summed E-state index contributed by atoms with van der Waals surface area (Å²) < 4.78 is 0. The molecule has 1 aromatic carbocycles. The summed E-state index contributed by atoms with van der Waals surface area (Å²) >= 11 is 1.48. The molecule has 2 amide bonds. The van der Waals surface area contributed by atoms with Crippen LogP contribution in [0.5, 0.6) is 0 Å². The van der Waals surface area contributed by atoms with Crippen LogP contribution in [0.15, 0.2) is 40.9 Å². The minimum atomic E-state index is -1.11. The van der Waals surface area contributed by atoms with Crippen molar-refractivity contribution >= 4 is 35.3 Å². The number of piperidine rings is 1. The maximum Gasteiger partial charge on any atom is 0.353 e. The van der Waals surface area contributed by atoms with Crippen LogP contribution < -0.4 is 16.8 Å². The highest BCUT2D eigenvalue weighted by Crippen LogP contribution is 2.53. The SMILES string of the molecule is C[C@@H](CC(=O)CCN)[C@H]1C(=O)N2C(C(=O)O)=C(S[C@@H]3CNC(C(=O)N4CCC(N)(Cc5ccccc5)CC4)C3)[C@H](C)[C@@H]12. The van der Waals surface area contributed by atoms with E-state index in [9.17, 15) is 24.3 Å². The molecule has 1 aromatic rings. The van der Waals surface area contributed by atoms with Crippen molar-refractivity contribution in [2.24, 2.45) is 29.2 Å². The Balaban J connectivity index is 1.18. The molecule has 6 N–H and O–H groups in total. The van der Waals surface area contributed by atoms with Crippen LogP contribution in [0.4, 0.5) is 0 Å². The highest BCUT2D eigenvalue weighted by atomic mass is 32.2. The van der Waals surface area contributed by atoms with Crippen LogP contribution in [0.1, 0.15) is 51.5 Å². The number of nitrogens with zero attached hydrogens (tertiary/aromatic N) is 2. The van der Waals surface area contributed by atoms with Gasteiger partial charge in [0.15, 0.2) is 0 Å². The Bertz CT molecular complexity index is 1250. The van der Waals surface area contributed by atoms with Gasteiger partial charge in [0.2, 0.25) is 11.8 Å². The predicted molar refractivity (Wildman–Crippen MR) is 161 cm³/mol. The number of aliphatic carboxylic acids is 1. The van der Waals surface area contributed by atoms with Crippen LogP contribution in [-0.4, -0.2) is 87.5 Å². The number of hydrogen-bond donors (Lipinski definition) is 4. The number of fused-ring (bicyclic) bond motifs is 1. The average molecular weight is 598 g/mol. The summed E-state index contributed by atoms with van der Waals surface area (Å²) in [5.74, 6) is -1.97. The molecule has 0 aliphatic carbocycles. The first kappa shape index (κ1) is 30.7. The summed E-state index contributed by atoms with van der Waals surface area (Å²) in [5, 5.41) is 13.5. The van der Waals surface area contributed by atoms with Gasteiger partial charge in [-0.25, -0.2) is 4.79 Å². The number of Topliss-reactive ketones (excluding diaryl/α,β-unsaturated/α-hetero) is 1. The molecule has 5 rings (SSSR count). The Labute approximate surface area is 251 Å². The smallest absolute Gasteiger partial charge is 0.353 e. The van der Waals surface area contributed by atoms with Gasteiger partial charge in [-0.3, -0.25) is 14.4 Å². The van der Waals surface area contributed by atoms with Gasteiger partial charge in [-0.1, -0.05) is 44.2 Å². The number of amides is 2. The van der Waals surface area contributed by atoms with Gasteiger partial charge in [0.1, 0.15) is 11.5 Å². The van der Waals surface area contributed by atoms with Gasteiger partial charge in [0.05, 0.1) is 18.0 Å². The summed E-state index contributed by atoms with van der Waals surface area (Å²) in [5.41, 5.74) is 13.2. The molecule has 4 aliphatic rings. The van der Waals surface area contributed by atoms with Crippen molar-refractivity contribution in [1.29, 1.82) is 0 Å². The highest BCUT2D eigenvalue weighted by Gasteiger charge is 2.60. The number of benzene rings is 1. The van der Waals surface area contributed by atoms with Gasteiger partial charge >= 0.3 is 5.97 Å². The quantitative estimate of drug-likeness (QED) is 0.279. The predicted octanol–water partition coefficient (Wildman–Crippen LogP) is 1.73. The van der Waals surface area contributed by atoms with E-state index >= 15 is 0 Å². The maximum absolute atomic E-state index is 13.4. The minimum absolute atomic E-state index is 0.0121. The van der Waals surface area contributed by atoms with Gasteiger partial charge in [-0.2, -0.15) is 0 Å². The second-order valence-electron chi connectivity index (χ2n) is 12.6. The van der Waals surface area contributed by atoms with Crippen molar-refractivity contribution in [3.8, 4) is 0 Å². The number of carboxylic acid groups (broad SMARTS) is 1. The Hall–Kier alpha value is -2.73. The van der Waals surface area contributed by atoms with Crippen molar-refractivity contribution in [3.63, 3.8) is 0 Å². The molecule has 4 aliphatic heterocycles. The lowest BCUT2D eigenvalue weighted by molar-refractivity contribution is -0.160. The number of carbonyl (C=O) groups is 4. The number of carbonyl (C=O) groups excluding carboxylic acids is 3. The number of nitrogens with two attached hydrogens (primary N) is 2. The second-order valence-corrected chi connectivity index (χ2v) is 13.9. The van der Waals surface area contributed by atoms with Gasteiger partial charge in [0.25, 0.3) is 0 Å². The number of rotatable bonds is 11. The lowest BCUT2D eigenvalue weighted by atomic mass is 9.73. The summed E-state index contributed by atoms with van der Waals surface area (Å²) in [6, 6.07) is 9.62. The number of hydrogen-bond acceptors (Lipinski definition) is 8. The van der Waals surface area contributed by atoms with Crippen molar-refractivity contribution in [2.75, 3.05) is 26.2 Å². The topological polar surface area (TPSA) is 159 Å². The minimum Gasteiger partial charge on any atom is -0.477 e. The van der Waals surface area contributed by atoms with E-state index in [0.29, 0.717) is 31.0 Å². The van der Waals surface area contributed by atoms with Crippen LogP contribution in [0, 0.1) is 17.8 Å². The number of carboxylic acids is 1. The fourth-order valence-electron chi connectivity index (χ4n) is 7.25. The lowest BCUT2D eigenvalue weighted by Crippen LogP contribution is -2.62. The van der Waals surface area contributed by atoms with Gasteiger partial charge in [-0.15, -0.1) is 11.8 Å². The van der Waals surface area contributed by atoms with Crippen molar-refractivity contribution in [2.45, 2.75) is 75.2 Å². The number of nitrogens with one attached hydrogen (secondary N) is 1. The largest absolute Gasteiger partial charge is 0.477 e. The average Bonchev–Trinajstić information content (AvgIpc) is 3.50. The van der Waals surface area contributed by atoms with Crippen LogP contribution in [0.25, 0.3) is 0 Å². The molecule has 0 aromatic heterocycles. The lowest BCUT2D eigenvalue weighted by Gasteiger charge is -2.47. The standard InChI is InChI=1S/C31H43N5O5S/c1-18(14-21(37)8-11-32)24-25-19(2)27(26(30(40)41)36(25)29(24)39)42-22-15-23(34-17-22)28(38)35-12-9-31(33,10-13-35)16-20-6-4-3-5-7-20/h3-7,18-19,22-25,34H,8-17,32-33H2,1-2H3,(H,40,41)/t18-,19+,22-,23?,24+,25-/m0/s1. The van der Waals surface area contributed by atoms with E-state index in [0.717, 1.165) is 19.3 Å². The zero-order valence-electron chi connectivity index (χ0n) is 24.5. The fourth-order valence-corrected chi connectivity index (χ4v) is 8.73. The second kappa shape index (κ2) is 12.5. The molecule has 0 bridgehead atoms. The number of likely N-dealkylation sites (tertiary alicyclic amines) is 1. The Kier molecular flexibility index (Phi) is 9.13. The first-order valence-corrected chi connectivity index (χ1v) is 15.9. The summed E-state index contributed by atoms with van der Waals surface area (Å²) in [6.07, 6.45) is 3.41. The van der Waals surface area contributed by atoms with Crippen LogP contribution in [0.2, 0.25) is 0 Å². The van der Waals surface area contributed by atoms with E-state index < -0.39 is 5.97 Å². The fraction of sp³-hybridized carbons (Fsp3) is 0.613. The number of thioether (sulfide) groups is 1. The zero-order valence-corrected chi connectivity index (χ0v) is 25.3. The molecule has 10 nitrogen and oxygen atoms in total. The molecule has 3 saturated heterocycles. The van der Waals surface area contributed by atoms with E-state index in [1.165, 1.54) is 22.2 Å². The summed E-state index contributed by atoms with van der Waals surface area (Å²) in [7, 11) is 0. The molecule has 6 atom stereocenters. The third-order valence-corrected chi connectivity index (χ3v) is 11.0. The first-order valence-electron chi connectivity index (χ1n) is 15.1. The molecule has 3 fully saturated rings.